The van der Waals surface area contributed by atoms with Crippen molar-refractivity contribution in [2.24, 2.45) is 0 Å². The molecule has 0 saturated carbocycles. The minimum Gasteiger partial charge on any atom is -0.396 e. The maximum Gasteiger partial charge on any atom is 0.111 e. The summed E-state index contributed by atoms with van der Waals surface area (Å²) >= 11 is 7.15. The van der Waals surface area contributed by atoms with Gasteiger partial charge in [-0.15, -0.1) is 5.10 Å². The van der Waals surface area contributed by atoms with Crippen LogP contribution < -0.4 is 5.73 Å². The Morgan fingerprint density at radius 2 is 2.33 bits per heavy atom. The molecule has 0 aliphatic heterocycles. The highest BCUT2D eigenvalue weighted by atomic mass is 35.5. The molecule has 2 rings (SSSR count). The predicted molar refractivity (Wildman–Crippen MR) is 51.6 cm³/mol. The van der Waals surface area contributed by atoms with Crippen LogP contribution in [0, 0.1) is 6.92 Å². The normalized spacial score (nSPS) is 10.8. The third-order valence-electron chi connectivity index (χ3n) is 1.71. The minimum atomic E-state index is 0.575. The molecule has 0 aliphatic rings. The summed E-state index contributed by atoms with van der Waals surface area (Å²) in [5.41, 5.74) is 8.17. The molecule has 3 nitrogen and oxygen atoms in total. The lowest BCUT2D eigenvalue weighted by atomic mass is 10.2. The molecule has 0 unspecified atom stereocenters. The number of aromatic nitrogens is 2. The van der Waals surface area contributed by atoms with Crippen molar-refractivity contribution in [2.45, 2.75) is 6.92 Å². The van der Waals surface area contributed by atoms with E-state index in [2.05, 4.69) is 9.59 Å². The Balaban J connectivity index is 2.97. The summed E-state index contributed by atoms with van der Waals surface area (Å²) in [5, 5.41) is 4.53. The summed E-state index contributed by atoms with van der Waals surface area (Å²) in [6.45, 7) is 1.94. The Kier molecular flexibility index (Phi) is 1.66. The monoisotopic (exact) mass is 199 g/mol. The van der Waals surface area contributed by atoms with Crippen molar-refractivity contribution in [3.63, 3.8) is 0 Å². The predicted octanol–water partition coefficient (Wildman–Crippen LogP) is 2.24. The van der Waals surface area contributed by atoms with Crippen LogP contribution in [0.4, 0.5) is 5.69 Å². The topological polar surface area (TPSA) is 51.8 Å². The van der Waals surface area contributed by atoms with Gasteiger partial charge in [-0.2, -0.15) is 0 Å². The SMILES string of the molecule is Cc1cc(Cl)c(N)c2snnc12. The van der Waals surface area contributed by atoms with E-state index in [0.29, 0.717) is 10.7 Å². The maximum atomic E-state index is 5.88. The first-order valence-corrected chi connectivity index (χ1v) is 4.52. The fourth-order valence-electron chi connectivity index (χ4n) is 1.07. The molecule has 0 saturated heterocycles. The lowest BCUT2D eigenvalue weighted by molar-refractivity contribution is 1.19. The average Bonchev–Trinajstić information content (AvgIpc) is 2.48. The number of halogens is 1. The molecule has 0 fully saturated rings. The molecule has 5 heteroatoms. The van der Waals surface area contributed by atoms with Crippen molar-refractivity contribution >= 4 is 39.0 Å². The van der Waals surface area contributed by atoms with Gasteiger partial charge in [0.2, 0.25) is 0 Å². The highest BCUT2D eigenvalue weighted by molar-refractivity contribution is 7.13. The molecule has 0 spiro atoms. The highest BCUT2D eigenvalue weighted by Gasteiger charge is 2.08. The van der Waals surface area contributed by atoms with Gasteiger partial charge in [-0.3, -0.25) is 0 Å². The van der Waals surface area contributed by atoms with E-state index in [0.717, 1.165) is 15.8 Å². The molecular weight excluding hydrogens is 194 g/mol. The first-order valence-electron chi connectivity index (χ1n) is 3.37. The van der Waals surface area contributed by atoms with Gasteiger partial charge in [-0.1, -0.05) is 16.1 Å². The van der Waals surface area contributed by atoms with E-state index in [9.17, 15) is 0 Å². The van der Waals surface area contributed by atoms with Gasteiger partial charge >= 0.3 is 0 Å². The Morgan fingerprint density at radius 1 is 1.58 bits per heavy atom. The quantitative estimate of drug-likeness (QED) is 0.662. The maximum absolute atomic E-state index is 5.88. The molecule has 0 atom stereocenters. The molecule has 0 bridgehead atoms. The van der Waals surface area contributed by atoms with Gasteiger partial charge < -0.3 is 5.73 Å². The molecule has 1 heterocycles. The molecule has 62 valence electrons. The molecule has 1 aromatic carbocycles. The van der Waals surface area contributed by atoms with Crippen LogP contribution in [0.2, 0.25) is 5.02 Å². The molecule has 2 N–H and O–H groups in total. The number of nitrogen functional groups attached to an aromatic ring is 1. The van der Waals surface area contributed by atoms with E-state index in [4.69, 9.17) is 17.3 Å². The van der Waals surface area contributed by atoms with Crippen LogP contribution in [0.5, 0.6) is 0 Å². The number of fused-ring (bicyclic) bond motifs is 1. The Bertz CT molecular complexity index is 437. The number of aryl methyl sites for hydroxylation is 1. The number of hydrogen-bond acceptors (Lipinski definition) is 4. The van der Waals surface area contributed by atoms with E-state index >= 15 is 0 Å². The largest absolute Gasteiger partial charge is 0.396 e. The summed E-state index contributed by atoms with van der Waals surface area (Å²) in [5.74, 6) is 0. The lowest BCUT2D eigenvalue weighted by Gasteiger charge is -1.99. The zero-order valence-corrected chi connectivity index (χ0v) is 7.91. The number of nitrogens with zero attached hydrogens (tertiary/aromatic N) is 2. The molecule has 12 heavy (non-hydrogen) atoms. The molecular formula is C7H6ClN3S. The fraction of sp³-hybridized carbons (Fsp3) is 0.143. The molecule has 1 aromatic heterocycles. The van der Waals surface area contributed by atoms with Crippen LogP contribution in [0.1, 0.15) is 5.56 Å². The third kappa shape index (κ3) is 0.956. The summed E-state index contributed by atoms with van der Waals surface area (Å²) in [6, 6.07) is 1.81. The van der Waals surface area contributed by atoms with E-state index in [-0.39, 0.29) is 0 Å². The standard InChI is InChI=1S/C7H6ClN3S/c1-3-2-4(8)5(9)7-6(3)10-11-12-7/h2H,9H2,1H3. The van der Waals surface area contributed by atoms with Gasteiger partial charge in [-0.05, 0) is 30.1 Å². The van der Waals surface area contributed by atoms with Crippen molar-refractivity contribution in [3.05, 3.63) is 16.7 Å². The van der Waals surface area contributed by atoms with Crippen LogP contribution >= 0.6 is 23.1 Å². The number of hydrogen-bond donors (Lipinski definition) is 1. The smallest absolute Gasteiger partial charge is 0.111 e. The van der Waals surface area contributed by atoms with Gasteiger partial charge in [-0.25, -0.2) is 0 Å². The fourth-order valence-corrected chi connectivity index (χ4v) is 2.08. The van der Waals surface area contributed by atoms with Gasteiger partial charge in [0.25, 0.3) is 0 Å². The number of benzene rings is 1. The minimum absolute atomic E-state index is 0.575. The van der Waals surface area contributed by atoms with Crippen molar-refractivity contribution in [3.8, 4) is 0 Å². The van der Waals surface area contributed by atoms with Crippen LogP contribution in [0.25, 0.3) is 10.2 Å². The summed E-state index contributed by atoms with van der Waals surface area (Å²) < 4.78 is 4.69. The number of nitrogens with two attached hydrogens (primary N) is 1. The van der Waals surface area contributed by atoms with E-state index < -0.39 is 0 Å². The van der Waals surface area contributed by atoms with Gasteiger partial charge in [0.15, 0.2) is 0 Å². The third-order valence-corrected chi connectivity index (χ3v) is 2.78. The van der Waals surface area contributed by atoms with Crippen molar-refractivity contribution < 1.29 is 0 Å². The highest BCUT2D eigenvalue weighted by Crippen LogP contribution is 2.31. The van der Waals surface area contributed by atoms with Crippen molar-refractivity contribution in [1.29, 1.82) is 0 Å². The van der Waals surface area contributed by atoms with Crippen LogP contribution in [-0.2, 0) is 0 Å². The van der Waals surface area contributed by atoms with E-state index in [1.165, 1.54) is 11.5 Å². The molecule has 0 aliphatic carbocycles. The van der Waals surface area contributed by atoms with E-state index in [1.807, 2.05) is 6.92 Å². The van der Waals surface area contributed by atoms with Gasteiger partial charge in [0, 0.05) is 0 Å². The first-order chi connectivity index (χ1) is 5.70. The number of rotatable bonds is 0. The van der Waals surface area contributed by atoms with E-state index in [1.54, 1.807) is 6.07 Å². The second-order valence-corrected chi connectivity index (χ2v) is 3.70. The summed E-state index contributed by atoms with van der Waals surface area (Å²) in [6.07, 6.45) is 0. The molecule has 0 radical (unpaired) electrons. The zero-order valence-electron chi connectivity index (χ0n) is 6.34. The molecule has 0 amide bonds. The van der Waals surface area contributed by atoms with Crippen molar-refractivity contribution in [2.75, 3.05) is 5.73 Å². The first kappa shape index (κ1) is 7.76. The second kappa shape index (κ2) is 2.57. The Hall–Kier alpha value is -0.870. The zero-order chi connectivity index (χ0) is 8.72. The lowest BCUT2D eigenvalue weighted by Crippen LogP contribution is -1.88. The van der Waals surface area contributed by atoms with Crippen LogP contribution in [0.15, 0.2) is 6.07 Å². The average molecular weight is 200 g/mol. The van der Waals surface area contributed by atoms with Gasteiger partial charge in [0.1, 0.15) is 10.2 Å². The Morgan fingerprint density at radius 3 is 3.08 bits per heavy atom. The van der Waals surface area contributed by atoms with Crippen LogP contribution in [-0.4, -0.2) is 9.59 Å². The summed E-state index contributed by atoms with van der Waals surface area (Å²) in [4.78, 5) is 0. The molecule has 2 aromatic rings. The summed E-state index contributed by atoms with van der Waals surface area (Å²) in [7, 11) is 0. The van der Waals surface area contributed by atoms with Crippen LogP contribution in [0.3, 0.4) is 0 Å². The Labute approximate surface area is 78.3 Å². The van der Waals surface area contributed by atoms with Gasteiger partial charge in [0.05, 0.1) is 10.7 Å². The second-order valence-electron chi connectivity index (χ2n) is 2.54. The van der Waals surface area contributed by atoms with Crippen molar-refractivity contribution in [1.82, 2.24) is 9.59 Å². The number of anilines is 1.